The first-order valence-corrected chi connectivity index (χ1v) is 7.50. The van der Waals surface area contributed by atoms with E-state index in [0.29, 0.717) is 11.8 Å². The van der Waals surface area contributed by atoms with Crippen molar-refractivity contribution < 1.29 is 9.47 Å². The maximum atomic E-state index is 6.02. The van der Waals surface area contributed by atoms with Crippen LogP contribution in [0, 0.1) is 0 Å². The van der Waals surface area contributed by atoms with Gasteiger partial charge < -0.3 is 14.4 Å². The van der Waals surface area contributed by atoms with Crippen LogP contribution in [0.3, 0.4) is 0 Å². The molecule has 0 N–H and O–H groups in total. The van der Waals surface area contributed by atoms with Gasteiger partial charge >= 0.3 is 0 Å². The van der Waals surface area contributed by atoms with E-state index in [0.717, 1.165) is 13.1 Å². The van der Waals surface area contributed by atoms with E-state index in [-0.39, 0.29) is 12.2 Å². The molecule has 0 unspecified atom stereocenters. The predicted octanol–water partition coefficient (Wildman–Crippen LogP) is 2.51. The largest absolute Gasteiger partial charge is 0.481 e. The summed E-state index contributed by atoms with van der Waals surface area (Å²) in [6.45, 7) is 3.62. The number of morpholine rings is 1. The minimum absolute atomic E-state index is 0.0693. The molecule has 106 valence electrons. The van der Waals surface area contributed by atoms with Gasteiger partial charge in [-0.1, -0.05) is 0 Å². The summed E-state index contributed by atoms with van der Waals surface area (Å²) in [7, 11) is 1.61. The van der Waals surface area contributed by atoms with E-state index >= 15 is 0 Å². The Balaban J connectivity index is 1.82. The Morgan fingerprint density at radius 3 is 3.05 bits per heavy atom. The second-order valence-electron chi connectivity index (χ2n) is 4.80. The standard InChI is InChI=1S/C14H17N3O2S/c1-10-7-17(14-15-5-3-13(16-14)18-2)8-12(19-10)11-4-6-20-9-11/h3-6,9-10,12H,7-8H2,1-2H3/t10-,12-/m0/s1. The summed E-state index contributed by atoms with van der Waals surface area (Å²) in [6, 6.07) is 3.86. The van der Waals surface area contributed by atoms with Crippen molar-refractivity contribution in [3.8, 4) is 5.88 Å². The quantitative estimate of drug-likeness (QED) is 0.869. The summed E-state index contributed by atoms with van der Waals surface area (Å²) in [4.78, 5) is 10.9. The van der Waals surface area contributed by atoms with Crippen molar-refractivity contribution in [1.82, 2.24) is 9.97 Å². The molecule has 1 aliphatic heterocycles. The number of thiophene rings is 1. The van der Waals surface area contributed by atoms with Crippen molar-refractivity contribution in [2.45, 2.75) is 19.1 Å². The minimum atomic E-state index is 0.0693. The van der Waals surface area contributed by atoms with E-state index in [1.54, 1.807) is 30.7 Å². The van der Waals surface area contributed by atoms with Gasteiger partial charge in [0.1, 0.15) is 6.10 Å². The molecule has 0 spiro atoms. The van der Waals surface area contributed by atoms with Gasteiger partial charge in [0.2, 0.25) is 11.8 Å². The lowest BCUT2D eigenvalue weighted by Gasteiger charge is -2.36. The number of rotatable bonds is 3. The number of anilines is 1. The Kier molecular flexibility index (Phi) is 3.84. The highest BCUT2D eigenvalue weighted by Crippen LogP contribution is 2.28. The molecule has 0 saturated carbocycles. The molecule has 0 amide bonds. The van der Waals surface area contributed by atoms with Gasteiger partial charge in [0, 0.05) is 18.8 Å². The zero-order chi connectivity index (χ0) is 13.9. The van der Waals surface area contributed by atoms with Gasteiger partial charge in [-0.3, -0.25) is 0 Å². The van der Waals surface area contributed by atoms with E-state index in [9.17, 15) is 0 Å². The number of hydrogen-bond donors (Lipinski definition) is 0. The molecular formula is C14H17N3O2S. The van der Waals surface area contributed by atoms with E-state index in [2.05, 4.69) is 38.6 Å². The van der Waals surface area contributed by atoms with Gasteiger partial charge in [0.05, 0.1) is 19.8 Å². The molecule has 0 bridgehead atoms. The molecule has 0 radical (unpaired) electrons. The van der Waals surface area contributed by atoms with Crippen molar-refractivity contribution in [2.75, 3.05) is 25.1 Å². The molecule has 6 heteroatoms. The average molecular weight is 291 g/mol. The SMILES string of the molecule is COc1ccnc(N2C[C@@H](c3ccsc3)O[C@@H](C)C2)n1. The molecular weight excluding hydrogens is 274 g/mol. The van der Waals surface area contributed by atoms with E-state index < -0.39 is 0 Å². The fraction of sp³-hybridized carbons (Fsp3) is 0.429. The fourth-order valence-electron chi connectivity index (χ4n) is 2.36. The minimum Gasteiger partial charge on any atom is -0.481 e. The molecule has 5 nitrogen and oxygen atoms in total. The second-order valence-corrected chi connectivity index (χ2v) is 5.58. The van der Waals surface area contributed by atoms with Crippen LogP contribution in [0.25, 0.3) is 0 Å². The Morgan fingerprint density at radius 1 is 1.40 bits per heavy atom. The van der Waals surface area contributed by atoms with Gasteiger partial charge in [-0.25, -0.2) is 4.98 Å². The van der Waals surface area contributed by atoms with Crippen LogP contribution in [-0.2, 0) is 4.74 Å². The second kappa shape index (κ2) is 5.76. The molecule has 0 aromatic carbocycles. The highest BCUT2D eigenvalue weighted by atomic mass is 32.1. The lowest BCUT2D eigenvalue weighted by molar-refractivity contribution is -0.0176. The Morgan fingerprint density at radius 2 is 2.30 bits per heavy atom. The monoisotopic (exact) mass is 291 g/mol. The highest BCUT2D eigenvalue weighted by Gasteiger charge is 2.28. The molecule has 20 heavy (non-hydrogen) atoms. The van der Waals surface area contributed by atoms with Crippen LogP contribution in [0.1, 0.15) is 18.6 Å². The van der Waals surface area contributed by atoms with Crippen LogP contribution >= 0.6 is 11.3 Å². The number of methoxy groups -OCH3 is 1. The first-order valence-electron chi connectivity index (χ1n) is 6.56. The van der Waals surface area contributed by atoms with Gasteiger partial charge in [0.15, 0.2) is 0 Å². The summed E-state index contributed by atoms with van der Waals surface area (Å²) in [5.41, 5.74) is 1.22. The zero-order valence-corrected chi connectivity index (χ0v) is 12.3. The molecule has 1 aliphatic rings. The molecule has 2 aromatic rings. The molecule has 1 fully saturated rings. The van der Waals surface area contributed by atoms with E-state index in [4.69, 9.17) is 9.47 Å². The van der Waals surface area contributed by atoms with Crippen LogP contribution in [-0.4, -0.2) is 36.3 Å². The lowest BCUT2D eigenvalue weighted by atomic mass is 10.1. The third-order valence-corrected chi connectivity index (χ3v) is 3.99. The molecule has 0 aliphatic carbocycles. The van der Waals surface area contributed by atoms with Crippen molar-refractivity contribution in [2.24, 2.45) is 0 Å². The fourth-order valence-corrected chi connectivity index (χ4v) is 3.06. The summed E-state index contributed by atoms with van der Waals surface area (Å²) in [5, 5.41) is 4.21. The van der Waals surface area contributed by atoms with E-state index in [1.165, 1.54) is 5.56 Å². The molecule has 2 atom stereocenters. The lowest BCUT2D eigenvalue weighted by Crippen LogP contribution is -2.43. The number of hydrogen-bond acceptors (Lipinski definition) is 6. The van der Waals surface area contributed by atoms with Gasteiger partial charge in [-0.2, -0.15) is 16.3 Å². The number of ether oxygens (including phenoxy) is 2. The van der Waals surface area contributed by atoms with Crippen molar-refractivity contribution >= 4 is 17.3 Å². The summed E-state index contributed by atoms with van der Waals surface area (Å²) < 4.78 is 11.2. The first kappa shape index (κ1) is 13.3. The third-order valence-electron chi connectivity index (χ3n) is 3.28. The normalized spacial score (nSPS) is 22.8. The zero-order valence-electron chi connectivity index (χ0n) is 11.5. The summed E-state index contributed by atoms with van der Waals surface area (Å²) in [6.07, 6.45) is 1.93. The van der Waals surface area contributed by atoms with Crippen LogP contribution in [0.2, 0.25) is 0 Å². The highest BCUT2D eigenvalue weighted by molar-refractivity contribution is 7.07. The molecule has 1 saturated heterocycles. The Bertz CT molecular complexity index is 561. The van der Waals surface area contributed by atoms with Gasteiger partial charge in [-0.15, -0.1) is 0 Å². The van der Waals surface area contributed by atoms with Gasteiger partial charge in [0.25, 0.3) is 0 Å². The van der Waals surface area contributed by atoms with E-state index in [1.807, 2.05) is 0 Å². The first-order chi connectivity index (χ1) is 9.76. The van der Waals surface area contributed by atoms with Crippen LogP contribution in [0.5, 0.6) is 5.88 Å². The Labute approximate surface area is 122 Å². The van der Waals surface area contributed by atoms with Crippen molar-refractivity contribution in [3.05, 3.63) is 34.7 Å². The van der Waals surface area contributed by atoms with Gasteiger partial charge in [-0.05, 0) is 29.3 Å². The predicted molar refractivity (Wildman–Crippen MR) is 78.4 cm³/mol. The maximum Gasteiger partial charge on any atom is 0.228 e. The smallest absolute Gasteiger partial charge is 0.228 e. The van der Waals surface area contributed by atoms with Crippen LogP contribution < -0.4 is 9.64 Å². The molecule has 3 rings (SSSR count). The summed E-state index contributed by atoms with van der Waals surface area (Å²) >= 11 is 1.69. The Hall–Kier alpha value is -1.66. The number of nitrogens with zero attached hydrogens (tertiary/aromatic N) is 3. The average Bonchev–Trinajstić information content (AvgIpc) is 3.01. The molecule has 2 aromatic heterocycles. The van der Waals surface area contributed by atoms with Crippen LogP contribution in [0.4, 0.5) is 5.95 Å². The van der Waals surface area contributed by atoms with Crippen molar-refractivity contribution in [3.63, 3.8) is 0 Å². The van der Waals surface area contributed by atoms with Crippen LogP contribution in [0.15, 0.2) is 29.1 Å². The molecule has 3 heterocycles. The van der Waals surface area contributed by atoms with Crippen molar-refractivity contribution in [1.29, 1.82) is 0 Å². The summed E-state index contributed by atoms with van der Waals surface area (Å²) in [5.74, 6) is 1.28. The third kappa shape index (κ3) is 2.76. The number of aromatic nitrogens is 2. The topological polar surface area (TPSA) is 47.5 Å². The maximum absolute atomic E-state index is 6.02.